The van der Waals surface area contributed by atoms with E-state index < -0.39 is 0 Å². The molecule has 0 bridgehead atoms. The molecule has 3 rings (SSSR count). The molecule has 5 nitrogen and oxygen atoms in total. The Morgan fingerprint density at radius 1 is 1.04 bits per heavy atom. The van der Waals surface area contributed by atoms with E-state index in [0.29, 0.717) is 29.1 Å². The number of urea groups is 1. The van der Waals surface area contributed by atoms with Crippen LogP contribution in [0.2, 0.25) is 0 Å². The predicted octanol–water partition coefficient (Wildman–Crippen LogP) is 3.53. The quantitative estimate of drug-likeness (QED) is 0.791. The van der Waals surface area contributed by atoms with Crippen molar-refractivity contribution in [2.75, 3.05) is 5.32 Å². The maximum absolute atomic E-state index is 12.3. The highest BCUT2D eigenvalue weighted by atomic mass is 16.2. The molecule has 1 aromatic carbocycles. The van der Waals surface area contributed by atoms with E-state index in [1.807, 2.05) is 0 Å². The van der Waals surface area contributed by atoms with Crippen LogP contribution in [0.5, 0.6) is 0 Å². The molecular weight excluding hydrogens is 302 g/mol. The lowest BCUT2D eigenvalue weighted by molar-refractivity contribution is 0.0951. The van der Waals surface area contributed by atoms with Gasteiger partial charge in [-0.05, 0) is 49.3 Å². The van der Waals surface area contributed by atoms with Crippen LogP contribution >= 0.6 is 0 Å². The zero-order valence-corrected chi connectivity index (χ0v) is 14.5. The number of carbonyl (C=O) groups is 2. The smallest absolute Gasteiger partial charge is 0.319 e. The highest BCUT2D eigenvalue weighted by Crippen LogP contribution is 2.29. The van der Waals surface area contributed by atoms with E-state index in [-0.39, 0.29) is 18.0 Å². The molecule has 0 heterocycles. The molecule has 2 aliphatic carbocycles. The van der Waals surface area contributed by atoms with E-state index >= 15 is 0 Å². The normalized spacial score (nSPS) is 26.5. The monoisotopic (exact) mass is 329 g/mol. The van der Waals surface area contributed by atoms with Crippen molar-refractivity contribution in [1.82, 2.24) is 10.6 Å². The van der Waals surface area contributed by atoms with Crippen LogP contribution < -0.4 is 16.0 Å². The summed E-state index contributed by atoms with van der Waals surface area (Å²) in [6.07, 6.45) is 5.54. The lowest BCUT2D eigenvalue weighted by Crippen LogP contribution is -2.45. The summed E-state index contributed by atoms with van der Waals surface area (Å²) in [5, 5.41) is 8.91. The highest BCUT2D eigenvalue weighted by molar-refractivity contribution is 5.97. The van der Waals surface area contributed by atoms with Crippen LogP contribution in [0, 0.1) is 11.8 Å². The van der Waals surface area contributed by atoms with Gasteiger partial charge in [0.1, 0.15) is 0 Å². The van der Waals surface area contributed by atoms with Crippen LogP contribution in [0.4, 0.5) is 10.5 Å². The topological polar surface area (TPSA) is 70.2 Å². The molecule has 24 heavy (non-hydrogen) atoms. The summed E-state index contributed by atoms with van der Waals surface area (Å²) in [6.45, 7) is 4.45. The molecule has 3 N–H and O–H groups in total. The van der Waals surface area contributed by atoms with Gasteiger partial charge in [0.05, 0.1) is 0 Å². The molecule has 0 aromatic heterocycles. The Morgan fingerprint density at radius 3 is 2.58 bits per heavy atom. The van der Waals surface area contributed by atoms with Crippen LogP contribution in [0.15, 0.2) is 24.3 Å². The summed E-state index contributed by atoms with van der Waals surface area (Å²) in [5.41, 5.74) is 1.23. The number of carbonyl (C=O) groups excluding carboxylic acids is 2. The minimum Gasteiger partial charge on any atom is -0.349 e. The number of anilines is 1. The van der Waals surface area contributed by atoms with Crippen LogP contribution in [0.1, 0.15) is 56.3 Å². The fourth-order valence-corrected chi connectivity index (χ4v) is 3.36. The summed E-state index contributed by atoms with van der Waals surface area (Å²) in [7, 11) is 0. The predicted molar refractivity (Wildman–Crippen MR) is 95.1 cm³/mol. The molecular formula is C19H27N3O2. The number of rotatable bonds is 4. The molecule has 130 valence electrons. The summed E-state index contributed by atoms with van der Waals surface area (Å²) in [6, 6.07) is 7.45. The average Bonchev–Trinajstić information content (AvgIpc) is 3.36. The lowest BCUT2D eigenvalue weighted by atomic mass is 9.78. The Labute approximate surface area is 143 Å². The van der Waals surface area contributed by atoms with Gasteiger partial charge in [0.25, 0.3) is 5.91 Å². The first-order chi connectivity index (χ1) is 11.5. The van der Waals surface area contributed by atoms with Gasteiger partial charge in [-0.25, -0.2) is 4.79 Å². The zero-order chi connectivity index (χ0) is 17.1. The van der Waals surface area contributed by atoms with Crippen molar-refractivity contribution in [2.24, 2.45) is 11.8 Å². The van der Waals surface area contributed by atoms with E-state index in [1.54, 1.807) is 24.3 Å². The largest absolute Gasteiger partial charge is 0.349 e. The second-order valence-corrected chi connectivity index (χ2v) is 7.30. The fourth-order valence-electron chi connectivity index (χ4n) is 3.36. The van der Waals surface area contributed by atoms with Gasteiger partial charge >= 0.3 is 6.03 Å². The number of hydrogen-bond acceptors (Lipinski definition) is 2. The number of amides is 3. The Balaban J connectivity index is 1.56. The van der Waals surface area contributed by atoms with Crippen molar-refractivity contribution in [2.45, 2.75) is 58.0 Å². The molecule has 1 aromatic rings. The summed E-state index contributed by atoms with van der Waals surface area (Å²) in [4.78, 5) is 24.4. The summed E-state index contributed by atoms with van der Waals surface area (Å²) >= 11 is 0. The second kappa shape index (κ2) is 7.24. The van der Waals surface area contributed by atoms with Crippen LogP contribution in [0.25, 0.3) is 0 Å². The molecule has 2 saturated carbocycles. The molecule has 2 fully saturated rings. The Hall–Kier alpha value is -2.04. The fraction of sp³-hybridized carbons (Fsp3) is 0.579. The van der Waals surface area contributed by atoms with Crippen LogP contribution in [-0.4, -0.2) is 24.0 Å². The second-order valence-electron chi connectivity index (χ2n) is 7.30. The highest BCUT2D eigenvalue weighted by Gasteiger charge is 2.28. The van der Waals surface area contributed by atoms with Crippen molar-refractivity contribution in [1.29, 1.82) is 0 Å². The summed E-state index contributed by atoms with van der Waals surface area (Å²) < 4.78 is 0. The van der Waals surface area contributed by atoms with E-state index in [1.165, 1.54) is 6.42 Å². The van der Waals surface area contributed by atoms with Crippen molar-refractivity contribution >= 4 is 17.6 Å². The van der Waals surface area contributed by atoms with Gasteiger partial charge in [0.2, 0.25) is 0 Å². The molecule has 2 aliphatic rings. The molecule has 3 atom stereocenters. The number of nitrogens with one attached hydrogen (secondary N) is 3. The number of hydrogen-bond donors (Lipinski definition) is 3. The van der Waals surface area contributed by atoms with Gasteiger partial charge < -0.3 is 16.0 Å². The van der Waals surface area contributed by atoms with E-state index in [4.69, 9.17) is 0 Å². The third-order valence-corrected chi connectivity index (χ3v) is 5.32. The lowest BCUT2D eigenvalue weighted by Gasteiger charge is -2.34. The molecule has 3 unspecified atom stereocenters. The van der Waals surface area contributed by atoms with E-state index in [2.05, 4.69) is 29.8 Å². The van der Waals surface area contributed by atoms with Crippen LogP contribution in [-0.2, 0) is 0 Å². The van der Waals surface area contributed by atoms with Crippen LogP contribution in [0.3, 0.4) is 0 Å². The molecule has 5 heteroatoms. The Bertz CT molecular complexity index is 612. The summed E-state index contributed by atoms with van der Waals surface area (Å²) in [5.74, 6) is 1.05. The Kier molecular flexibility index (Phi) is 5.07. The first-order valence-corrected chi connectivity index (χ1v) is 9.01. The van der Waals surface area contributed by atoms with Crippen molar-refractivity contribution in [3.8, 4) is 0 Å². The third kappa shape index (κ3) is 4.28. The minimum atomic E-state index is -0.194. The molecule has 0 saturated heterocycles. The Morgan fingerprint density at radius 2 is 1.83 bits per heavy atom. The van der Waals surface area contributed by atoms with Crippen molar-refractivity contribution < 1.29 is 9.59 Å². The van der Waals surface area contributed by atoms with Gasteiger partial charge in [0.15, 0.2) is 0 Å². The first kappa shape index (κ1) is 16.8. The van der Waals surface area contributed by atoms with Gasteiger partial charge in [-0.3, -0.25) is 4.79 Å². The molecule has 3 amide bonds. The van der Waals surface area contributed by atoms with Crippen molar-refractivity contribution in [3.63, 3.8) is 0 Å². The average molecular weight is 329 g/mol. The van der Waals surface area contributed by atoms with Gasteiger partial charge in [-0.2, -0.15) is 0 Å². The van der Waals surface area contributed by atoms with Gasteiger partial charge in [-0.1, -0.05) is 32.8 Å². The first-order valence-electron chi connectivity index (χ1n) is 9.01. The van der Waals surface area contributed by atoms with Gasteiger partial charge in [0, 0.05) is 23.3 Å². The SMILES string of the molecule is CC1CCCC(NC(=O)Nc2cccc(C(=O)NC3CC3)c2)C1C. The van der Waals surface area contributed by atoms with Crippen molar-refractivity contribution in [3.05, 3.63) is 29.8 Å². The maximum Gasteiger partial charge on any atom is 0.319 e. The molecule has 0 spiro atoms. The standard InChI is InChI=1S/C19H27N3O2/c1-12-5-3-8-17(13(12)2)22-19(24)21-16-7-4-6-14(11-16)18(23)20-15-9-10-15/h4,6-7,11-13,15,17H,3,5,8-10H2,1-2H3,(H,20,23)(H2,21,22,24). The molecule has 0 aliphatic heterocycles. The van der Waals surface area contributed by atoms with E-state index in [9.17, 15) is 9.59 Å². The number of benzene rings is 1. The third-order valence-electron chi connectivity index (χ3n) is 5.32. The van der Waals surface area contributed by atoms with E-state index in [0.717, 1.165) is 25.7 Å². The van der Waals surface area contributed by atoms with Gasteiger partial charge in [-0.15, -0.1) is 0 Å². The zero-order valence-electron chi connectivity index (χ0n) is 14.5. The molecule has 0 radical (unpaired) electrons. The minimum absolute atomic E-state index is 0.0729. The maximum atomic E-state index is 12.3.